The molecule has 1 unspecified atom stereocenters. The quantitative estimate of drug-likeness (QED) is 0.697. The summed E-state index contributed by atoms with van der Waals surface area (Å²) < 4.78 is 10.9. The van der Waals surface area contributed by atoms with Crippen molar-refractivity contribution in [2.24, 2.45) is 5.73 Å². The summed E-state index contributed by atoms with van der Waals surface area (Å²) in [5.41, 5.74) is 7.07. The largest absolute Gasteiger partial charge is 0.381 e. The Morgan fingerprint density at radius 2 is 2.14 bits per heavy atom. The number of rotatable bonds is 4. The lowest BCUT2D eigenvalue weighted by atomic mass is 9.83. The maximum atomic E-state index is 6.15. The first-order valence-electron chi connectivity index (χ1n) is 5.13. The summed E-state index contributed by atoms with van der Waals surface area (Å²) in [5.74, 6) is 0. The number of hydrogen-bond donors (Lipinski definition) is 1. The Morgan fingerprint density at radius 3 is 2.57 bits per heavy atom. The number of hydrogen-bond acceptors (Lipinski definition) is 3. The molecule has 2 N–H and O–H groups in total. The van der Waals surface area contributed by atoms with Crippen LogP contribution in [0.25, 0.3) is 0 Å². The fourth-order valence-corrected chi connectivity index (χ4v) is 2.00. The van der Waals surface area contributed by atoms with Gasteiger partial charge in [-0.15, -0.1) is 6.58 Å². The molecule has 3 heteroatoms. The summed E-state index contributed by atoms with van der Waals surface area (Å²) in [6.07, 6.45) is 2.60. The van der Waals surface area contributed by atoms with Crippen LogP contribution in [-0.4, -0.2) is 32.0 Å². The predicted molar refractivity (Wildman–Crippen MR) is 57.2 cm³/mol. The van der Waals surface area contributed by atoms with E-state index in [-0.39, 0.29) is 11.6 Å². The van der Waals surface area contributed by atoms with Crippen LogP contribution in [0.3, 0.4) is 0 Å². The highest BCUT2D eigenvalue weighted by atomic mass is 16.5. The van der Waals surface area contributed by atoms with E-state index in [1.807, 2.05) is 6.92 Å². The lowest BCUT2D eigenvalue weighted by Crippen LogP contribution is -2.52. The van der Waals surface area contributed by atoms with E-state index in [0.717, 1.165) is 38.0 Å². The van der Waals surface area contributed by atoms with Gasteiger partial charge < -0.3 is 15.2 Å². The average molecular weight is 199 g/mol. The third kappa shape index (κ3) is 2.56. The van der Waals surface area contributed by atoms with Gasteiger partial charge in [-0.25, -0.2) is 0 Å². The molecule has 0 amide bonds. The van der Waals surface area contributed by atoms with Gasteiger partial charge in [0.25, 0.3) is 0 Å². The van der Waals surface area contributed by atoms with Crippen molar-refractivity contribution in [2.45, 2.75) is 37.8 Å². The highest BCUT2D eigenvalue weighted by molar-refractivity contribution is 5.01. The summed E-state index contributed by atoms with van der Waals surface area (Å²) in [5, 5.41) is 0. The van der Waals surface area contributed by atoms with E-state index in [4.69, 9.17) is 15.2 Å². The Bertz CT molecular complexity index is 197. The molecule has 1 fully saturated rings. The van der Waals surface area contributed by atoms with Crippen molar-refractivity contribution >= 4 is 0 Å². The molecule has 0 aromatic carbocycles. The van der Waals surface area contributed by atoms with Crippen molar-refractivity contribution < 1.29 is 9.47 Å². The molecule has 1 rings (SSSR count). The molecular formula is C11H21NO2. The van der Waals surface area contributed by atoms with Crippen LogP contribution in [0, 0.1) is 0 Å². The van der Waals surface area contributed by atoms with Crippen molar-refractivity contribution in [1.29, 1.82) is 0 Å². The van der Waals surface area contributed by atoms with E-state index >= 15 is 0 Å². The molecule has 1 heterocycles. The molecule has 0 aromatic rings. The van der Waals surface area contributed by atoms with Gasteiger partial charge in [0.15, 0.2) is 0 Å². The van der Waals surface area contributed by atoms with Gasteiger partial charge in [0.2, 0.25) is 0 Å². The molecule has 0 aromatic heterocycles. The Morgan fingerprint density at radius 1 is 1.57 bits per heavy atom. The molecule has 0 spiro atoms. The molecule has 14 heavy (non-hydrogen) atoms. The Hall–Kier alpha value is -0.380. The van der Waals surface area contributed by atoms with Crippen molar-refractivity contribution in [3.8, 4) is 0 Å². The molecule has 1 aliphatic heterocycles. The molecule has 0 aliphatic carbocycles. The van der Waals surface area contributed by atoms with Crippen LogP contribution in [0.4, 0.5) is 0 Å². The maximum Gasteiger partial charge on any atom is 0.0875 e. The van der Waals surface area contributed by atoms with E-state index in [1.165, 1.54) is 0 Å². The summed E-state index contributed by atoms with van der Waals surface area (Å²) in [6.45, 7) is 7.39. The highest BCUT2D eigenvalue weighted by Crippen LogP contribution is 2.29. The van der Waals surface area contributed by atoms with Gasteiger partial charge >= 0.3 is 0 Å². The second-order valence-electron chi connectivity index (χ2n) is 4.15. The third-order valence-electron chi connectivity index (χ3n) is 2.99. The lowest BCUT2D eigenvalue weighted by Gasteiger charge is -2.40. The molecule has 1 saturated heterocycles. The van der Waals surface area contributed by atoms with Crippen LogP contribution >= 0.6 is 0 Å². The lowest BCUT2D eigenvalue weighted by molar-refractivity contribution is -0.103. The molecular weight excluding hydrogens is 178 g/mol. The zero-order valence-electron chi connectivity index (χ0n) is 9.21. The fraction of sp³-hybridized carbons (Fsp3) is 0.818. The van der Waals surface area contributed by atoms with E-state index < -0.39 is 0 Å². The van der Waals surface area contributed by atoms with Crippen molar-refractivity contribution in [1.82, 2.24) is 0 Å². The number of nitrogens with two attached hydrogens (primary N) is 1. The van der Waals surface area contributed by atoms with Crippen LogP contribution in [0.2, 0.25) is 0 Å². The minimum absolute atomic E-state index is 0.0360. The first kappa shape index (κ1) is 11.7. The minimum atomic E-state index is -0.197. The number of methoxy groups -OCH3 is 1. The monoisotopic (exact) mass is 199 g/mol. The molecule has 0 saturated carbocycles. The molecule has 0 radical (unpaired) electrons. The maximum absolute atomic E-state index is 6.15. The van der Waals surface area contributed by atoms with Crippen LogP contribution in [0.1, 0.15) is 26.2 Å². The molecule has 1 aliphatic rings. The average Bonchev–Trinajstić information content (AvgIpc) is 2.18. The van der Waals surface area contributed by atoms with Gasteiger partial charge in [-0.3, -0.25) is 0 Å². The van der Waals surface area contributed by atoms with Gasteiger partial charge in [0, 0.05) is 39.2 Å². The van der Waals surface area contributed by atoms with E-state index in [2.05, 4.69) is 6.58 Å². The molecule has 82 valence electrons. The van der Waals surface area contributed by atoms with Crippen LogP contribution < -0.4 is 5.73 Å². The smallest absolute Gasteiger partial charge is 0.0875 e. The number of ether oxygens (including phenoxy) is 2. The van der Waals surface area contributed by atoms with Gasteiger partial charge in [-0.1, -0.05) is 5.57 Å². The molecule has 3 nitrogen and oxygen atoms in total. The summed E-state index contributed by atoms with van der Waals surface area (Å²) in [6, 6.07) is 0.0360. The SMILES string of the molecule is C=C(C)CC(N)C1(OC)CCOCC1. The Kier molecular flexibility index (Phi) is 4.11. The Balaban J connectivity index is 2.61. The standard InChI is InChI=1S/C11H21NO2/c1-9(2)8-10(12)11(13-3)4-6-14-7-5-11/h10H,1,4-8,12H2,2-3H3. The van der Waals surface area contributed by atoms with Crippen molar-refractivity contribution in [3.05, 3.63) is 12.2 Å². The normalized spacial score (nSPS) is 23.1. The first-order valence-corrected chi connectivity index (χ1v) is 5.13. The van der Waals surface area contributed by atoms with Crippen LogP contribution in [0.15, 0.2) is 12.2 Å². The summed E-state index contributed by atoms with van der Waals surface area (Å²) in [7, 11) is 1.74. The van der Waals surface area contributed by atoms with E-state index in [1.54, 1.807) is 7.11 Å². The minimum Gasteiger partial charge on any atom is -0.381 e. The molecule has 0 bridgehead atoms. The zero-order valence-corrected chi connectivity index (χ0v) is 9.21. The van der Waals surface area contributed by atoms with Gasteiger partial charge in [0.1, 0.15) is 0 Å². The van der Waals surface area contributed by atoms with Crippen LogP contribution in [0.5, 0.6) is 0 Å². The Labute approximate surface area is 86.3 Å². The van der Waals surface area contributed by atoms with Crippen molar-refractivity contribution in [3.63, 3.8) is 0 Å². The molecule has 1 atom stereocenters. The topological polar surface area (TPSA) is 44.5 Å². The first-order chi connectivity index (χ1) is 6.60. The predicted octanol–water partition coefficient (Wildman–Crippen LogP) is 1.48. The zero-order chi connectivity index (χ0) is 10.6. The van der Waals surface area contributed by atoms with E-state index in [9.17, 15) is 0 Å². The second kappa shape index (κ2) is 4.91. The third-order valence-corrected chi connectivity index (χ3v) is 2.99. The summed E-state index contributed by atoms with van der Waals surface area (Å²) >= 11 is 0. The second-order valence-corrected chi connectivity index (χ2v) is 4.15. The van der Waals surface area contributed by atoms with Crippen LogP contribution in [-0.2, 0) is 9.47 Å². The van der Waals surface area contributed by atoms with Gasteiger partial charge in [-0.2, -0.15) is 0 Å². The fourth-order valence-electron chi connectivity index (χ4n) is 2.00. The van der Waals surface area contributed by atoms with E-state index in [0.29, 0.717) is 0 Å². The highest BCUT2D eigenvalue weighted by Gasteiger charge is 2.38. The van der Waals surface area contributed by atoms with Gasteiger partial charge in [0.05, 0.1) is 5.60 Å². The van der Waals surface area contributed by atoms with Gasteiger partial charge in [-0.05, 0) is 13.3 Å². The van der Waals surface area contributed by atoms with Crippen molar-refractivity contribution in [2.75, 3.05) is 20.3 Å². The summed E-state index contributed by atoms with van der Waals surface area (Å²) in [4.78, 5) is 0.